The fourth-order valence-electron chi connectivity index (χ4n) is 3.46. The molecule has 3 rings (SSSR count). The van der Waals surface area contributed by atoms with Gasteiger partial charge in [0.05, 0.1) is 42.0 Å². The van der Waals surface area contributed by atoms with Crippen LogP contribution in [-0.4, -0.2) is 78.9 Å². The number of ether oxygens (including phenoxy) is 1. The zero-order chi connectivity index (χ0) is 24.9. The van der Waals surface area contributed by atoms with E-state index in [1.54, 1.807) is 0 Å². The van der Waals surface area contributed by atoms with Gasteiger partial charge in [-0.2, -0.15) is 13.2 Å². The van der Waals surface area contributed by atoms with Crippen molar-refractivity contribution in [3.63, 3.8) is 0 Å². The van der Waals surface area contributed by atoms with Crippen LogP contribution in [0.3, 0.4) is 0 Å². The molecule has 2 aliphatic heterocycles. The summed E-state index contributed by atoms with van der Waals surface area (Å²) in [6, 6.07) is 0.491. The number of benzene rings is 1. The first-order valence-corrected chi connectivity index (χ1v) is 10.5. The lowest BCUT2D eigenvalue weighted by Gasteiger charge is -2.32. The van der Waals surface area contributed by atoms with Crippen molar-refractivity contribution in [2.75, 3.05) is 38.2 Å². The molecular weight excluding hydrogens is 463 g/mol. The van der Waals surface area contributed by atoms with Gasteiger partial charge in [0, 0.05) is 19.7 Å². The van der Waals surface area contributed by atoms with Crippen molar-refractivity contribution < 1.29 is 42.2 Å². The summed E-state index contributed by atoms with van der Waals surface area (Å²) in [6.45, 7) is 0.749. The number of hydrogen-bond acceptors (Lipinski definition) is 5. The van der Waals surface area contributed by atoms with Crippen molar-refractivity contribution >= 4 is 29.6 Å². The predicted octanol–water partition coefficient (Wildman–Crippen LogP) is 1.21. The molecule has 2 fully saturated rings. The number of nitrogens with zero attached hydrogens (tertiary/aromatic N) is 1. The van der Waals surface area contributed by atoms with E-state index in [4.69, 9.17) is 9.84 Å². The van der Waals surface area contributed by atoms with E-state index >= 15 is 0 Å². The number of alkyl halides is 3. The van der Waals surface area contributed by atoms with Crippen LogP contribution in [0.4, 0.5) is 28.4 Å². The molecule has 0 aromatic heterocycles. The Morgan fingerprint density at radius 1 is 1.12 bits per heavy atom. The average Bonchev–Trinajstić information content (AvgIpc) is 2.71. The summed E-state index contributed by atoms with van der Waals surface area (Å²) in [5, 5.41) is 18.4. The van der Waals surface area contributed by atoms with Crippen molar-refractivity contribution in [1.82, 2.24) is 20.9 Å². The molecule has 14 heteroatoms. The summed E-state index contributed by atoms with van der Waals surface area (Å²) in [5.74, 6) is -1.69. The van der Waals surface area contributed by atoms with Crippen LogP contribution in [0.15, 0.2) is 18.2 Å². The summed E-state index contributed by atoms with van der Waals surface area (Å²) in [6.07, 6.45) is -4.86. The number of carbonyl (C=O) groups is 4. The summed E-state index contributed by atoms with van der Waals surface area (Å²) in [4.78, 5) is 49.5. The molecule has 0 bridgehead atoms. The largest absolute Gasteiger partial charge is 0.465 e. The number of carboxylic acid groups (broad SMARTS) is 1. The Hall–Kier alpha value is -3.55. The number of amides is 5. The van der Waals surface area contributed by atoms with Gasteiger partial charge in [0.2, 0.25) is 5.91 Å². The maximum atomic E-state index is 13.2. The van der Waals surface area contributed by atoms with Gasteiger partial charge >= 0.3 is 18.3 Å². The maximum Gasteiger partial charge on any atom is 0.416 e. The number of nitrogens with one attached hydrogen (secondary N) is 4. The van der Waals surface area contributed by atoms with Crippen LogP contribution >= 0.6 is 0 Å². The van der Waals surface area contributed by atoms with Gasteiger partial charge in [-0.05, 0) is 31.0 Å². The van der Waals surface area contributed by atoms with E-state index in [0.717, 1.165) is 18.6 Å². The molecule has 1 aromatic rings. The molecule has 2 saturated heterocycles. The van der Waals surface area contributed by atoms with Crippen LogP contribution in [-0.2, 0) is 15.7 Å². The third kappa shape index (κ3) is 6.50. The molecule has 34 heavy (non-hydrogen) atoms. The monoisotopic (exact) mass is 487 g/mol. The van der Waals surface area contributed by atoms with E-state index in [1.165, 1.54) is 4.90 Å². The third-order valence-corrected chi connectivity index (χ3v) is 5.40. The molecule has 2 aliphatic rings. The Morgan fingerprint density at radius 2 is 1.85 bits per heavy atom. The molecule has 0 saturated carbocycles. The van der Waals surface area contributed by atoms with E-state index in [0.29, 0.717) is 32.2 Å². The minimum absolute atomic E-state index is 0.0466. The minimum Gasteiger partial charge on any atom is -0.465 e. The SMILES string of the molecule is O=C(O)N[C@@H]1CCOC[C@@H]1NC(=O)CNC(=O)c1cc(C(F)(F)F)ccc1NC(=O)N1CCC1. The highest BCUT2D eigenvalue weighted by Gasteiger charge is 2.33. The van der Waals surface area contributed by atoms with Gasteiger partial charge in [-0.3, -0.25) is 9.59 Å². The van der Waals surface area contributed by atoms with Crippen molar-refractivity contribution in [2.45, 2.75) is 31.1 Å². The first-order valence-electron chi connectivity index (χ1n) is 10.5. The highest BCUT2D eigenvalue weighted by molar-refractivity contribution is 6.04. The van der Waals surface area contributed by atoms with Crippen LogP contribution in [0, 0.1) is 0 Å². The van der Waals surface area contributed by atoms with Crippen molar-refractivity contribution in [1.29, 1.82) is 0 Å². The molecule has 2 heterocycles. The second kappa shape index (κ2) is 10.6. The summed E-state index contributed by atoms with van der Waals surface area (Å²) < 4.78 is 44.7. The molecule has 0 aliphatic carbocycles. The maximum absolute atomic E-state index is 13.2. The number of hydrogen-bond donors (Lipinski definition) is 5. The summed E-state index contributed by atoms with van der Waals surface area (Å²) in [5.41, 5.74) is -1.68. The van der Waals surface area contributed by atoms with Gasteiger partial charge in [0.1, 0.15) is 0 Å². The normalized spacial score (nSPS) is 20.0. The predicted molar refractivity (Wildman–Crippen MR) is 111 cm³/mol. The molecule has 5 amide bonds. The fourth-order valence-corrected chi connectivity index (χ4v) is 3.46. The molecule has 11 nitrogen and oxygen atoms in total. The molecule has 5 N–H and O–H groups in total. The first kappa shape index (κ1) is 25.1. The van der Waals surface area contributed by atoms with E-state index < -0.39 is 59.9 Å². The highest BCUT2D eigenvalue weighted by Crippen LogP contribution is 2.32. The number of halogens is 3. The summed E-state index contributed by atoms with van der Waals surface area (Å²) in [7, 11) is 0. The number of rotatable bonds is 6. The molecule has 186 valence electrons. The Kier molecular flexibility index (Phi) is 7.81. The van der Waals surface area contributed by atoms with Crippen LogP contribution in [0.1, 0.15) is 28.8 Å². The van der Waals surface area contributed by atoms with Gasteiger partial charge in [0.25, 0.3) is 5.91 Å². The van der Waals surface area contributed by atoms with Crippen molar-refractivity contribution in [2.24, 2.45) is 0 Å². The molecule has 0 spiro atoms. The van der Waals surface area contributed by atoms with E-state index in [9.17, 15) is 32.3 Å². The lowest BCUT2D eigenvalue weighted by atomic mass is 10.0. The number of carbonyl (C=O) groups excluding carboxylic acids is 3. The van der Waals surface area contributed by atoms with Crippen LogP contribution in [0.5, 0.6) is 0 Å². The first-order chi connectivity index (χ1) is 16.0. The Morgan fingerprint density at radius 3 is 2.47 bits per heavy atom. The zero-order valence-electron chi connectivity index (χ0n) is 17.9. The summed E-state index contributed by atoms with van der Waals surface area (Å²) >= 11 is 0. The third-order valence-electron chi connectivity index (χ3n) is 5.40. The molecule has 2 atom stereocenters. The lowest BCUT2D eigenvalue weighted by molar-refractivity contribution is -0.137. The van der Waals surface area contributed by atoms with Crippen molar-refractivity contribution in [3.05, 3.63) is 29.3 Å². The Labute approximate surface area is 192 Å². The van der Waals surface area contributed by atoms with Crippen LogP contribution in [0.2, 0.25) is 0 Å². The van der Waals surface area contributed by atoms with Crippen LogP contribution < -0.4 is 21.3 Å². The fraction of sp³-hybridized carbons (Fsp3) is 0.500. The number of urea groups is 1. The highest BCUT2D eigenvalue weighted by atomic mass is 19.4. The van der Waals surface area contributed by atoms with Gasteiger partial charge in [-0.1, -0.05) is 0 Å². The Balaban J connectivity index is 1.66. The Bertz CT molecular complexity index is 953. The smallest absolute Gasteiger partial charge is 0.416 e. The van der Waals surface area contributed by atoms with E-state index in [2.05, 4.69) is 21.3 Å². The van der Waals surface area contributed by atoms with Gasteiger partial charge in [-0.25, -0.2) is 9.59 Å². The van der Waals surface area contributed by atoms with Crippen molar-refractivity contribution in [3.8, 4) is 0 Å². The standard InChI is InChI=1S/C20H24F3N5O6/c21-20(22,23)11-2-3-13(26-18(31)28-5-1-6-28)12(8-11)17(30)24-9-16(29)25-15-10-34-7-4-14(15)27-19(32)33/h2-3,8,14-15,27H,1,4-7,9-10H2,(H,24,30)(H,25,29)(H,26,31)(H,32,33)/t14-,15+/m1/s1. The second-order valence-electron chi connectivity index (χ2n) is 7.81. The van der Waals surface area contributed by atoms with Gasteiger partial charge < -0.3 is 36.0 Å². The van der Waals surface area contributed by atoms with Gasteiger partial charge in [-0.15, -0.1) is 0 Å². The zero-order valence-corrected chi connectivity index (χ0v) is 17.9. The number of likely N-dealkylation sites (tertiary alicyclic amines) is 1. The molecule has 1 aromatic carbocycles. The number of anilines is 1. The minimum atomic E-state index is -4.72. The molecular formula is C20H24F3N5O6. The average molecular weight is 487 g/mol. The van der Waals surface area contributed by atoms with E-state index in [-0.39, 0.29) is 12.3 Å². The molecule has 0 unspecified atom stereocenters. The molecule has 0 radical (unpaired) electrons. The quantitative estimate of drug-likeness (QED) is 0.407. The van der Waals surface area contributed by atoms with Crippen LogP contribution in [0.25, 0.3) is 0 Å². The van der Waals surface area contributed by atoms with Gasteiger partial charge in [0.15, 0.2) is 0 Å². The second-order valence-corrected chi connectivity index (χ2v) is 7.81. The topological polar surface area (TPSA) is 149 Å². The lowest BCUT2D eigenvalue weighted by Crippen LogP contribution is -2.57. The van der Waals surface area contributed by atoms with E-state index in [1.807, 2.05) is 0 Å².